The molecule has 5 aliphatic rings. The van der Waals surface area contributed by atoms with Crippen LogP contribution in [0.1, 0.15) is 73.7 Å². The number of nitrogens with zero attached hydrogens (tertiary/aromatic N) is 2. The first kappa shape index (κ1) is 21.4. The second kappa shape index (κ2) is 7.87. The molecule has 1 saturated heterocycles. The lowest BCUT2D eigenvalue weighted by Crippen LogP contribution is -2.51. The van der Waals surface area contributed by atoms with Gasteiger partial charge in [-0.15, -0.1) is 0 Å². The maximum Gasteiger partial charge on any atom is 0.253 e. The second-order valence-electron chi connectivity index (χ2n) is 11.0. The van der Waals surface area contributed by atoms with Gasteiger partial charge in [-0.25, -0.2) is 8.42 Å². The quantitative estimate of drug-likeness (QED) is 0.674. The molecule has 5 nitrogen and oxygen atoms in total. The van der Waals surface area contributed by atoms with E-state index < -0.39 is 10.0 Å². The average molecular weight is 445 g/mol. The van der Waals surface area contributed by atoms with Crippen LogP contribution in [-0.4, -0.2) is 50.2 Å². The Labute approximate surface area is 187 Å². The number of hydrogen-bond donors (Lipinski definition) is 0. The summed E-state index contributed by atoms with van der Waals surface area (Å²) in [6.45, 7) is 3.86. The Morgan fingerprint density at radius 1 is 1.03 bits per heavy atom. The third-order valence-corrected chi connectivity index (χ3v) is 10.4. The van der Waals surface area contributed by atoms with Gasteiger partial charge in [0.15, 0.2) is 0 Å². The van der Waals surface area contributed by atoms with Crippen LogP contribution in [0.4, 0.5) is 0 Å². The van der Waals surface area contributed by atoms with Crippen molar-refractivity contribution in [3.8, 4) is 0 Å². The maximum atomic E-state index is 13.5. The monoisotopic (exact) mass is 444 g/mol. The molecule has 5 fully saturated rings. The van der Waals surface area contributed by atoms with Gasteiger partial charge >= 0.3 is 0 Å². The van der Waals surface area contributed by atoms with Crippen molar-refractivity contribution in [3.63, 3.8) is 0 Å². The molecule has 1 amide bonds. The lowest BCUT2D eigenvalue weighted by atomic mass is 9.49. The smallest absolute Gasteiger partial charge is 0.253 e. The molecule has 0 N–H and O–H groups in total. The van der Waals surface area contributed by atoms with E-state index >= 15 is 0 Å². The lowest BCUT2D eigenvalue weighted by Gasteiger charge is -2.57. The lowest BCUT2D eigenvalue weighted by molar-refractivity contribution is -0.0629. The van der Waals surface area contributed by atoms with Gasteiger partial charge in [-0.3, -0.25) is 4.79 Å². The fourth-order valence-corrected chi connectivity index (χ4v) is 9.05. The van der Waals surface area contributed by atoms with Crippen LogP contribution in [0.3, 0.4) is 0 Å². The largest absolute Gasteiger partial charge is 0.341 e. The fourth-order valence-electron chi connectivity index (χ4n) is 7.51. The number of amides is 1. The average Bonchev–Trinajstić information content (AvgIpc) is 2.72. The molecule has 6 rings (SSSR count). The summed E-state index contributed by atoms with van der Waals surface area (Å²) in [4.78, 5) is 15.6. The van der Waals surface area contributed by atoms with Crippen molar-refractivity contribution in [2.24, 2.45) is 23.2 Å². The van der Waals surface area contributed by atoms with Crippen LogP contribution in [0, 0.1) is 30.1 Å². The SMILES string of the molecule is Cc1ccc(S(=O)(=O)N2CCCCC2)cc1C(=O)N(C)CC12CC3CC(CC(C3)C1)C2. The molecular formula is C25H36N2O3S. The van der Waals surface area contributed by atoms with Crippen molar-refractivity contribution in [1.29, 1.82) is 0 Å². The number of sulfonamides is 1. The standard InChI is InChI=1S/C25H36N2O3S/c1-18-6-7-22(31(29,30)27-8-4-3-5-9-27)13-23(18)24(28)26(2)17-25-14-19-10-20(15-25)12-21(11-19)16-25/h6-7,13,19-21H,3-5,8-12,14-17H2,1-2H3. The molecule has 1 heterocycles. The summed E-state index contributed by atoms with van der Waals surface area (Å²) in [6.07, 6.45) is 10.9. The number of hydrogen-bond acceptors (Lipinski definition) is 3. The predicted octanol–water partition coefficient (Wildman–Crippen LogP) is 4.46. The molecular weight excluding hydrogens is 408 g/mol. The first-order valence-electron chi connectivity index (χ1n) is 12.1. The minimum atomic E-state index is -3.54. The van der Waals surface area contributed by atoms with Crippen LogP contribution >= 0.6 is 0 Å². The van der Waals surface area contributed by atoms with Crippen molar-refractivity contribution in [3.05, 3.63) is 29.3 Å². The number of piperidine rings is 1. The first-order chi connectivity index (χ1) is 14.8. The van der Waals surface area contributed by atoms with Gasteiger partial charge in [-0.05, 0) is 99.2 Å². The van der Waals surface area contributed by atoms with E-state index in [4.69, 9.17) is 0 Å². The van der Waals surface area contributed by atoms with E-state index in [2.05, 4.69) is 0 Å². The Morgan fingerprint density at radius 2 is 1.61 bits per heavy atom. The molecule has 0 atom stereocenters. The summed E-state index contributed by atoms with van der Waals surface area (Å²) in [5, 5.41) is 0. The highest BCUT2D eigenvalue weighted by Crippen LogP contribution is 2.60. The van der Waals surface area contributed by atoms with Crippen molar-refractivity contribution < 1.29 is 13.2 Å². The zero-order valence-corrected chi connectivity index (χ0v) is 19.8. The molecule has 1 aromatic carbocycles. The van der Waals surface area contributed by atoms with Crippen molar-refractivity contribution in [2.45, 2.75) is 69.6 Å². The Bertz CT molecular complexity index is 930. The number of carbonyl (C=O) groups is 1. The van der Waals surface area contributed by atoms with Crippen LogP contribution in [-0.2, 0) is 10.0 Å². The zero-order chi connectivity index (χ0) is 21.8. The topological polar surface area (TPSA) is 57.7 Å². The summed E-state index contributed by atoms with van der Waals surface area (Å²) in [6, 6.07) is 5.08. The third-order valence-electron chi connectivity index (χ3n) is 8.48. The molecule has 6 heteroatoms. The third kappa shape index (κ3) is 3.95. The molecule has 1 aromatic rings. The zero-order valence-electron chi connectivity index (χ0n) is 19.0. The van der Waals surface area contributed by atoms with Crippen LogP contribution in [0.15, 0.2) is 23.1 Å². The second-order valence-corrected chi connectivity index (χ2v) is 13.0. The van der Waals surface area contributed by atoms with E-state index in [1.807, 2.05) is 18.9 Å². The molecule has 1 aliphatic heterocycles. The van der Waals surface area contributed by atoms with Gasteiger partial charge in [-0.1, -0.05) is 12.5 Å². The Kier molecular flexibility index (Phi) is 5.45. The number of aryl methyl sites for hydroxylation is 1. The number of benzene rings is 1. The predicted molar refractivity (Wildman–Crippen MR) is 121 cm³/mol. The van der Waals surface area contributed by atoms with Crippen LogP contribution in [0.2, 0.25) is 0 Å². The molecule has 0 spiro atoms. The summed E-state index contributed by atoms with van der Waals surface area (Å²) in [7, 11) is -1.63. The molecule has 4 aliphatic carbocycles. The van der Waals surface area contributed by atoms with Crippen LogP contribution in [0.25, 0.3) is 0 Å². The Morgan fingerprint density at radius 3 is 2.19 bits per heavy atom. The van der Waals surface area contributed by atoms with Crippen LogP contribution in [0.5, 0.6) is 0 Å². The normalized spacial score (nSPS) is 32.9. The summed E-state index contributed by atoms with van der Waals surface area (Å²) >= 11 is 0. The number of rotatable bonds is 5. The van der Waals surface area contributed by atoms with Gasteiger partial charge in [0.2, 0.25) is 10.0 Å². The van der Waals surface area contributed by atoms with E-state index in [-0.39, 0.29) is 16.2 Å². The Hall–Kier alpha value is -1.40. The van der Waals surface area contributed by atoms with E-state index in [1.165, 1.54) is 38.5 Å². The van der Waals surface area contributed by atoms with Gasteiger partial charge in [0.25, 0.3) is 5.91 Å². The highest BCUT2D eigenvalue weighted by molar-refractivity contribution is 7.89. The van der Waals surface area contributed by atoms with Crippen molar-refractivity contribution in [2.75, 3.05) is 26.7 Å². The van der Waals surface area contributed by atoms with E-state index in [9.17, 15) is 13.2 Å². The van der Waals surface area contributed by atoms with Crippen molar-refractivity contribution >= 4 is 15.9 Å². The van der Waals surface area contributed by atoms with E-state index in [0.717, 1.165) is 49.1 Å². The van der Waals surface area contributed by atoms with Gasteiger partial charge < -0.3 is 4.90 Å². The minimum Gasteiger partial charge on any atom is -0.341 e. The van der Waals surface area contributed by atoms with Crippen molar-refractivity contribution in [1.82, 2.24) is 9.21 Å². The molecule has 0 aromatic heterocycles. The molecule has 4 bridgehead atoms. The maximum absolute atomic E-state index is 13.5. The summed E-state index contributed by atoms with van der Waals surface area (Å²) < 4.78 is 27.9. The highest BCUT2D eigenvalue weighted by atomic mass is 32.2. The molecule has 31 heavy (non-hydrogen) atoms. The van der Waals surface area contributed by atoms with Gasteiger partial charge in [-0.2, -0.15) is 4.31 Å². The van der Waals surface area contributed by atoms with E-state index in [0.29, 0.717) is 18.7 Å². The molecule has 0 unspecified atom stereocenters. The summed E-state index contributed by atoms with van der Waals surface area (Å²) in [5.41, 5.74) is 1.66. The van der Waals surface area contributed by atoms with Gasteiger partial charge in [0.1, 0.15) is 0 Å². The highest BCUT2D eigenvalue weighted by Gasteiger charge is 2.51. The summed E-state index contributed by atoms with van der Waals surface area (Å²) in [5.74, 6) is 2.53. The Balaban J connectivity index is 1.36. The number of carbonyl (C=O) groups excluding carboxylic acids is 1. The molecule has 170 valence electrons. The van der Waals surface area contributed by atoms with Gasteiger partial charge in [0, 0.05) is 32.2 Å². The molecule has 4 saturated carbocycles. The minimum absolute atomic E-state index is 0.0380. The fraction of sp³-hybridized carbons (Fsp3) is 0.720. The van der Waals surface area contributed by atoms with Gasteiger partial charge in [0.05, 0.1) is 4.90 Å². The molecule has 0 radical (unpaired) electrons. The van der Waals surface area contributed by atoms with E-state index in [1.54, 1.807) is 22.5 Å². The van der Waals surface area contributed by atoms with Crippen LogP contribution < -0.4 is 0 Å². The first-order valence-corrected chi connectivity index (χ1v) is 13.6.